The normalized spacial score (nSPS) is 11.9. The Balaban J connectivity index is 1.76. The predicted octanol–water partition coefficient (Wildman–Crippen LogP) is 5.30. The molecule has 0 radical (unpaired) electrons. The van der Waals surface area contributed by atoms with E-state index in [1.807, 2.05) is 31.2 Å². The molecule has 0 aliphatic carbocycles. The van der Waals surface area contributed by atoms with Gasteiger partial charge >= 0.3 is 0 Å². The number of hydrogen-bond donors (Lipinski definition) is 3. The Kier molecular flexibility index (Phi) is 7.80. The van der Waals surface area contributed by atoms with Crippen molar-refractivity contribution in [3.63, 3.8) is 0 Å². The molecule has 0 bridgehead atoms. The lowest BCUT2D eigenvalue weighted by molar-refractivity contribution is 0.281. The lowest BCUT2D eigenvalue weighted by Gasteiger charge is -2.14. The first-order chi connectivity index (χ1) is 14.0. The Morgan fingerprint density at radius 2 is 1.76 bits per heavy atom. The lowest BCUT2D eigenvalue weighted by Crippen LogP contribution is -2.20. The van der Waals surface area contributed by atoms with Crippen LogP contribution in [0.3, 0.4) is 0 Å². The number of rotatable bonds is 9. The van der Waals surface area contributed by atoms with Gasteiger partial charge in [0.25, 0.3) is 0 Å². The van der Waals surface area contributed by atoms with Crippen molar-refractivity contribution in [1.82, 2.24) is 9.97 Å². The number of thioether (sulfide) groups is 1. The first kappa shape index (κ1) is 21.5. The molecule has 0 saturated carbocycles. The first-order valence-electron chi connectivity index (χ1n) is 9.47. The molecule has 29 heavy (non-hydrogen) atoms. The van der Waals surface area contributed by atoms with Gasteiger partial charge in [-0.25, -0.2) is 9.97 Å². The number of benzene rings is 2. The molecule has 1 aromatic heterocycles. The maximum Gasteiger partial charge on any atom is 0.191 e. The van der Waals surface area contributed by atoms with E-state index in [2.05, 4.69) is 64.2 Å². The van der Waals surface area contributed by atoms with Gasteiger partial charge in [0.2, 0.25) is 0 Å². The third kappa shape index (κ3) is 6.66. The highest BCUT2D eigenvalue weighted by atomic mass is 32.2. The molecule has 0 spiro atoms. The van der Waals surface area contributed by atoms with Crippen LogP contribution in [0.5, 0.6) is 0 Å². The molecule has 0 aliphatic heterocycles. The summed E-state index contributed by atoms with van der Waals surface area (Å²) >= 11 is 3.13. The van der Waals surface area contributed by atoms with Crippen LogP contribution >= 0.6 is 23.7 Å². The van der Waals surface area contributed by atoms with Crippen molar-refractivity contribution in [2.75, 3.05) is 16.6 Å². The minimum absolute atomic E-state index is 0.0382. The zero-order chi connectivity index (χ0) is 20.6. The van der Waals surface area contributed by atoms with E-state index in [-0.39, 0.29) is 12.6 Å². The first-order valence-corrected chi connectivity index (χ1v) is 11.3. The summed E-state index contributed by atoms with van der Waals surface area (Å²) < 4.78 is 3.35. The molecule has 0 saturated heterocycles. The van der Waals surface area contributed by atoms with Gasteiger partial charge in [0.05, 0.1) is 6.61 Å². The summed E-state index contributed by atoms with van der Waals surface area (Å²) in [5, 5.41) is 13.3. The Hall–Kier alpha value is -2.22. The van der Waals surface area contributed by atoms with Gasteiger partial charge in [-0.3, -0.25) is 0 Å². The molecule has 0 unspecified atom stereocenters. The van der Waals surface area contributed by atoms with Crippen LogP contribution in [0, 0.1) is 13.8 Å². The standard InChI is InChI=1S/C22H26N4OS2/c1-15-9-10-16(2)19(11-15)29-26-21-12-20(23-17(3)13-27)24-22(25-21)28-14-18-7-5-4-6-8-18/h4-12,17,27H,13-14H2,1-3H3,(H2,23,24,25,26)/t17-/m1/s1. The van der Waals surface area contributed by atoms with Gasteiger partial charge in [0, 0.05) is 22.8 Å². The van der Waals surface area contributed by atoms with Gasteiger partial charge in [-0.1, -0.05) is 54.2 Å². The summed E-state index contributed by atoms with van der Waals surface area (Å²) in [5.41, 5.74) is 3.66. The third-order valence-corrected chi connectivity index (χ3v) is 6.08. The molecule has 0 aliphatic rings. The molecule has 7 heteroatoms. The second-order valence-electron chi connectivity index (χ2n) is 6.90. The molecule has 5 nitrogen and oxygen atoms in total. The van der Waals surface area contributed by atoms with E-state index >= 15 is 0 Å². The van der Waals surface area contributed by atoms with Crippen LogP contribution in [0.15, 0.2) is 64.6 Å². The minimum Gasteiger partial charge on any atom is -0.394 e. The summed E-state index contributed by atoms with van der Waals surface area (Å²) in [5.74, 6) is 2.22. The molecule has 1 heterocycles. The quantitative estimate of drug-likeness (QED) is 0.244. The fourth-order valence-electron chi connectivity index (χ4n) is 2.56. The van der Waals surface area contributed by atoms with Crippen molar-refractivity contribution >= 4 is 35.3 Å². The van der Waals surface area contributed by atoms with Gasteiger partial charge in [0.15, 0.2) is 5.16 Å². The largest absolute Gasteiger partial charge is 0.394 e. The maximum absolute atomic E-state index is 9.36. The molecule has 3 N–H and O–H groups in total. The summed E-state index contributed by atoms with van der Waals surface area (Å²) in [7, 11) is 0. The molecule has 0 fully saturated rings. The van der Waals surface area contributed by atoms with Crippen LogP contribution in [0.4, 0.5) is 11.6 Å². The van der Waals surface area contributed by atoms with Crippen molar-refractivity contribution < 1.29 is 5.11 Å². The van der Waals surface area contributed by atoms with E-state index in [1.165, 1.54) is 21.6 Å². The number of aliphatic hydroxyl groups excluding tert-OH is 1. The van der Waals surface area contributed by atoms with Crippen molar-refractivity contribution in [2.45, 2.75) is 42.6 Å². The van der Waals surface area contributed by atoms with Crippen LogP contribution < -0.4 is 10.0 Å². The van der Waals surface area contributed by atoms with Crippen LogP contribution in [-0.2, 0) is 5.75 Å². The highest BCUT2D eigenvalue weighted by Gasteiger charge is 2.09. The summed E-state index contributed by atoms with van der Waals surface area (Å²) in [6, 6.07) is 18.4. The van der Waals surface area contributed by atoms with Crippen molar-refractivity contribution in [2.24, 2.45) is 0 Å². The maximum atomic E-state index is 9.36. The number of aryl methyl sites for hydroxylation is 2. The topological polar surface area (TPSA) is 70.1 Å². The van der Waals surface area contributed by atoms with Gasteiger partial charge < -0.3 is 15.1 Å². The summed E-state index contributed by atoms with van der Waals surface area (Å²) in [4.78, 5) is 10.4. The molecular weight excluding hydrogens is 400 g/mol. The van der Waals surface area contributed by atoms with Gasteiger partial charge in [0.1, 0.15) is 11.6 Å². The smallest absolute Gasteiger partial charge is 0.191 e. The Bertz CT molecular complexity index is 937. The highest BCUT2D eigenvalue weighted by Crippen LogP contribution is 2.28. The van der Waals surface area contributed by atoms with Crippen molar-refractivity contribution in [1.29, 1.82) is 0 Å². The Labute approximate surface area is 180 Å². The van der Waals surface area contributed by atoms with Gasteiger partial charge in [-0.05, 0) is 55.5 Å². The van der Waals surface area contributed by atoms with E-state index in [4.69, 9.17) is 0 Å². The average Bonchev–Trinajstić information content (AvgIpc) is 2.73. The fraction of sp³-hybridized carbons (Fsp3) is 0.273. The van der Waals surface area contributed by atoms with E-state index in [1.54, 1.807) is 23.7 Å². The molecule has 0 amide bonds. The zero-order valence-corrected chi connectivity index (χ0v) is 18.5. The molecular formula is C22H26N4OS2. The number of nitrogens with zero attached hydrogens (tertiary/aromatic N) is 2. The minimum atomic E-state index is -0.0867. The van der Waals surface area contributed by atoms with Crippen LogP contribution in [0.25, 0.3) is 0 Å². The van der Waals surface area contributed by atoms with Crippen LogP contribution in [-0.4, -0.2) is 27.7 Å². The summed E-state index contributed by atoms with van der Waals surface area (Å²) in [6.07, 6.45) is 0. The van der Waals surface area contributed by atoms with Crippen LogP contribution in [0.2, 0.25) is 0 Å². The Morgan fingerprint density at radius 3 is 2.52 bits per heavy atom. The molecule has 3 rings (SSSR count). The molecule has 152 valence electrons. The van der Waals surface area contributed by atoms with E-state index in [9.17, 15) is 5.11 Å². The second kappa shape index (κ2) is 10.5. The molecule has 1 atom stereocenters. The van der Waals surface area contributed by atoms with E-state index < -0.39 is 0 Å². The predicted molar refractivity (Wildman–Crippen MR) is 124 cm³/mol. The van der Waals surface area contributed by atoms with Gasteiger partial charge in [-0.15, -0.1) is 0 Å². The second-order valence-corrected chi connectivity index (χ2v) is 8.69. The number of aliphatic hydroxyl groups is 1. The SMILES string of the molecule is Cc1ccc(C)c(SNc2cc(N[C@H](C)CO)nc(SCc3ccccc3)n2)c1. The number of hydrogen-bond acceptors (Lipinski definition) is 7. The number of aromatic nitrogens is 2. The number of nitrogens with one attached hydrogen (secondary N) is 2. The van der Waals surface area contributed by atoms with Crippen LogP contribution in [0.1, 0.15) is 23.6 Å². The van der Waals surface area contributed by atoms with Crippen molar-refractivity contribution in [3.8, 4) is 0 Å². The average molecular weight is 427 g/mol. The van der Waals surface area contributed by atoms with E-state index in [0.717, 1.165) is 11.6 Å². The molecule has 2 aromatic carbocycles. The lowest BCUT2D eigenvalue weighted by atomic mass is 10.2. The van der Waals surface area contributed by atoms with Crippen molar-refractivity contribution in [3.05, 3.63) is 71.3 Å². The Morgan fingerprint density at radius 1 is 1.00 bits per heavy atom. The third-order valence-electron chi connectivity index (χ3n) is 4.19. The van der Waals surface area contributed by atoms with E-state index in [0.29, 0.717) is 11.0 Å². The highest BCUT2D eigenvalue weighted by molar-refractivity contribution is 8.00. The van der Waals surface area contributed by atoms with Gasteiger partial charge in [-0.2, -0.15) is 0 Å². The monoisotopic (exact) mass is 426 g/mol. The zero-order valence-electron chi connectivity index (χ0n) is 16.8. The summed E-state index contributed by atoms with van der Waals surface area (Å²) in [6.45, 7) is 6.14. The molecule has 3 aromatic rings. The fourth-order valence-corrected chi connectivity index (χ4v) is 4.17. The number of anilines is 2.